The molecule has 0 radical (unpaired) electrons. The maximum atomic E-state index is 13.2. The molecule has 1 fully saturated rings. The highest BCUT2D eigenvalue weighted by molar-refractivity contribution is 6.40. The van der Waals surface area contributed by atoms with Crippen LogP contribution in [0, 0.1) is 5.92 Å². The summed E-state index contributed by atoms with van der Waals surface area (Å²) in [6.07, 6.45) is 4.19. The molecule has 30 heavy (non-hydrogen) atoms. The molecule has 0 bridgehead atoms. The van der Waals surface area contributed by atoms with Gasteiger partial charge in [0.25, 0.3) is 5.91 Å². The van der Waals surface area contributed by atoms with Crippen molar-refractivity contribution in [2.75, 3.05) is 18.1 Å². The largest absolute Gasteiger partial charge is 0.284 e. The van der Waals surface area contributed by atoms with Crippen molar-refractivity contribution in [3.8, 4) is 0 Å². The quantitative estimate of drug-likeness (QED) is 0.666. The number of halogens is 2. The van der Waals surface area contributed by atoms with E-state index in [2.05, 4.69) is 12.3 Å². The van der Waals surface area contributed by atoms with Crippen molar-refractivity contribution in [3.63, 3.8) is 0 Å². The Hall–Kier alpha value is -2.08. The summed E-state index contributed by atoms with van der Waals surface area (Å²) in [5.74, 6) is -0.190. The number of piperidine rings is 1. The molecule has 158 valence electrons. The van der Waals surface area contributed by atoms with Gasteiger partial charge in [-0.05, 0) is 49.1 Å². The van der Waals surface area contributed by atoms with Gasteiger partial charge in [-0.2, -0.15) is 5.10 Å². The number of carbonyl (C=O) groups excluding carboxylic acids is 1. The third kappa shape index (κ3) is 4.34. The number of hydrogen-bond donors (Lipinski definition) is 1. The molecule has 7 heteroatoms. The molecule has 1 amide bonds. The molecule has 2 aliphatic heterocycles. The van der Waals surface area contributed by atoms with Crippen LogP contribution in [0.1, 0.15) is 44.2 Å². The van der Waals surface area contributed by atoms with Crippen LogP contribution in [-0.4, -0.2) is 29.7 Å². The van der Waals surface area contributed by atoms with Gasteiger partial charge < -0.3 is 0 Å². The number of hydrazine groups is 1. The molecular weight excluding hydrogens is 419 g/mol. The zero-order valence-corrected chi connectivity index (χ0v) is 18.5. The summed E-state index contributed by atoms with van der Waals surface area (Å²) in [7, 11) is 0. The highest BCUT2D eigenvalue weighted by Crippen LogP contribution is 2.43. The Kier molecular flexibility index (Phi) is 6.61. The lowest BCUT2D eigenvalue weighted by atomic mass is 9.87. The standard InChI is InChI=1S/C23H26Cl2N4O/c1-2-18-21(23(30)27-28-14-6-3-7-15-28)26-29(20-9-5-4-8-19(20)25)22(18)16-10-12-17(24)13-11-16/h4-5,8-13,18,22H,2-3,6-7,14-15H2,1H3,(H,27,30)/t18-,22+/m0/s1. The van der Waals surface area contributed by atoms with Gasteiger partial charge in [0.05, 0.1) is 16.8 Å². The van der Waals surface area contributed by atoms with Crippen LogP contribution in [0.25, 0.3) is 0 Å². The summed E-state index contributed by atoms with van der Waals surface area (Å²) in [5.41, 5.74) is 5.46. The van der Waals surface area contributed by atoms with Gasteiger partial charge in [-0.3, -0.25) is 15.2 Å². The van der Waals surface area contributed by atoms with Crippen LogP contribution in [0.2, 0.25) is 10.0 Å². The number of anilines is 1. The van der Waals surface area contributed by atoms with Crippen molar-refractivity contribution in [1.82, 2.24) is 10.4 Å². The number of carbonyl (C=O) groups is 1. The molecule has 2 atom stereocenters. The molecule has 0 aromatic heterocycles. The monoisotopic (exact) mass is 444 g/mol. The van der Waals surface area contributed by atoms with E-state index in [0.29, 0.717) is 15.8 Å². The average molecular weight is 445 g/mol. The van der Waals surface area contributed by atoms with Gasteiger partial charge in [0, 0.05) is 24.0 Å². The van der Waals surface area contributed by atoms with Crippen LogP contribution in [0.15, 0.2) is 53.6 Å². The summed E-state index contributed by atoms with van der Waals surface area (Å²) in [6, 6.07) is 15.2. The Morgan fingerprint density at radius 1 is 1.07 bits per heavy atom. The van der Waals surface area contributed by atoms with Gasteiger partial charge in [-0.25, -0.2) is 5.01 Å². The van der Waals surface area contributed by atoms with E-state index in [1.54, 1.807) is 0 Å². The number of para-hydroxylation sites is 1. The van der Waals surface area contributed by atoms with Gasteiger partial charge in [-0.15, -0.1) is 0 Å². The Bertz CT molecular complexity index is 925. The summed E-state index contributed by atoms with van der Waals surface area (Å²) < 4.78 is 0. The zero-order chi connectivity index (χ0) is 21.1. The molecule has 2 aromatic carbocycles. The number of hydrogen-bond acceptors (Lipinski definition) is 4. The van der Waals surface area contributed by atoms with Crippen molar-refractivity contribution in [3.05, 3.63) is 64.1 Å². The lowest BCUT2D eigenvalue weighted by Crippen LogP contribution is -2.48. The van der Waals surface area contributed by atoms with Gasteiger partial charge in [0.1, 0.15) is 5.71 Å². The van der Waals surface area contributed by atoms with E-state index in [-0.39, 0.29) is 17.9 Å². The first-order valence-electron chi connectivity index (χ1n) is 10.5. The topological polar surface area (TPSA) is 47.9 Å². The van der Waals surface area contributed by atoms with Crippen LogP contribution >= 0.6 is 23.2 Å². The van der Waals surface area contributed by atoms with Crippen LogP contribution in [0.5, 0.6) is 0 Å². The maximum Gasteiger partial charge on any atom is 0.282 e. The van der Waals surface area contributed by atoms with Gasteiger partial charge >= 0.3 is 0 Å². The van der Waals surface area contributed by atoms with Crippen molar-refractivity contribution in [1.29, 1.82) is 0 Å². The number of amides is 1. The third-order valence-corrected chi connectivity index (χ3v) is 6.38. The lowest BCUT2D eigenvalue weighted by molar-refractivity contribution is -0.120. The van der Waals surface area contributed by atoms with Gasteiger partial charge in [0.2, 0.25) is 0 Å². The Morgan fingerprint density at radius 3 is 2.43 bits per heavy atom. The number of nitrogens with one attached hydrogen (secondary N) is 1. The first-order valence-corrected chi connectivity index (χ1v) is 11.3. The molecule has 0 saturated carbocycles. The fraction of sp³-hybridized carbons (Fsp3) is 0.391. The van der Waals surface area contributed by atoms with Crippen LogP contribution in [-0.2, 0) is 4.79 Å². The fourth-order valence-corrected chi connectivity index (χ4v) is 4.63. The molecule has 0 aliphatic carbocycles. The minimum Gasteiger partial charge on any atom is -0.284 e. The molecule has 2 aromatic rings. The van der Waals surface area contributed by atoms with E-state index < -0.39 is 0 Å². The van der Waals surface area contributed by atoms with Crippen molar-refractivity contribution >= 4 is 40.5 Å². The third-order valence-electron chi connectivity index (χ3n) is 5.81. The minimum atomic E-state index is -0.130. The molecule has 2 aliphatic rings. The first-order chi connectivity index (χ1) is 14.6. The van der Waals surface area contributed by atoms with Crippen molar-refractivity contribution in [2.45, 2.75) is 38.6 Å². The second-order valence-corrected chi connectivity index (χ2v) is 8.62. The minimum absolute atomic E-state index is 0.0627. The summed E-state index contributed by atoms with van der Waals surface area (Å²) >= 11 is 12.6. The highest BCUT2D eigenvalue weighted by Gasteiger charge is 2.42. The predicted octanol–water partition coefficient (Wildman–Crippen LogP) is 5.45. The van der Waals surface area contributed by atoms with Crippen molar-refractivity contribution in [2.24, 2.45) is 11.0 Å². The fourth-order valence-electron chi connectivity index (χ4n) is 4.28. The highest BCUT2D eigenvalue weighted by atomic mass is 35.5. The molecular formula is C23H26Cl2N4O. The number of hydrazone groups is 1. The van der Waals surface area contributed by atoms with Crippen LogP contribution < -0.4 is 10.4 Å². The van der Waals surface area contributed by atoms with E-state index in [4.69, 9.17) is 28.3 Å². The van der Waals surface area contributed by atoms with Crippen LogP contribution in [0.4, 0.5) is 5.69 Å². The number of benzene rings is 2. The van der Waals surface area contributed by atoms with E-state index in [1.165, 1.54) is 6.42 Å². The van der Waals surface area contributed by atoms with E-state index in [9.17, 15) is 4.79 Å². The Morgan fingerprint density at radius 2 is 1.77 bits per heavy atom. The normalized spacial score (nSPS) is 22.1. The second-order valence-electron chi connectivity index (χ2n) is 7.78. The van der Waals surface area contributed by atoms with Gasteiger partial charge in [-0.1, -0.05) is 60.8 Å². The smallest absolute Gasteiger partial charge is 0.282 e. The van der Waals surface area contributed by atoms with Crippen LogP contribution in [0.3, 0.4) is 0 Å². The number of rotatable bonds is 5. The lowest BCUT2D eigenvalue weighted by Gasteiger charge is -2.29. The van der Waals surface area contributed by atoms with E-state index in [0.717, 1.165) is 43.6 Å². The Labute approximate surface area is 187 Å². The first kappa shape index (κ1) is 21.2. The van der Waals surface area contributed by atoms with E-state index in [1.807, 2.05) is 58.5 Å². The second kappa shape index (κ2) is 9.38. The molecule has 2 heterocycles. The van der Waals surface area contributed by atoms with Crippen molar-refractivity contribution < 1.29 is 4.79 Å². The SMILES string of the molecule is CC[C@H]1C(C(=O)NN2CCCCC2)=NN(c2ccccc2Cl)[C@@H]1c1ccc(Cl)cc1. The summed E-state index contributed by atoms with van der Waals surface area (Å²) in [4.78, 5) is 13.2. The summed E-state index contributed by atoms with van der Waals surface area (Å²) in [5, 5.41) is 10.00. The predicted molar refractivity (Wildman–Crippen MR) is 123 cm³/mol. The average Bonchev–Trinajstić information content (AvgIpc) is 3.15. The molecule has 5 nitrogen and oxygen atoms in total. The zero-order valence-electron chi connectivity index (χ0n) is 17.0. The molecule has 1 saturated heterocycles. The molecule has 4 rings (SSSR count). The van der Waals surface area contributed by atoms with Gasteiger partial charge in [0.15, 0.2) is 0 Å². The summed E-state index contributed by atoms with van der Waals surface area (Å²) in [6.45, 7) is 3.85. The molecule has 1 N–H and O–H groups in total. The molecule has 0 spiro atoms. The number of nitrogens with zero attached hydrogens (tertiary/aromatic N) is 3. The van der Waals surface area contributed by atoms with E-state index >= 15 is 0 Å². The Balaban J connectivity index is 1.70. The molecule has 0 unspecified atom stereocenters. The maximum absolute atomic E-state index is 13.2.